The monoisotopic (exact) mass is 285 g/mol. The molecule has 1 N–H and O–H groups in total. The second kappa shape index (κ2) is 7.99. The highest BCUT2D eigenvalue weighted by Crippen LogP contribution is 2.30. The maximum absolute atomic E-state index is 11.9. The van der Waals surface area contributed by atoms with Crippen molar-refractivity contribution in [2.24, 2.45) is 11.8 Å². The van der Waals surface area contributed by atoms with Gasteiger partial charge in [-0.3, -0.25) is 4.79 Å². The standard InChI is InChI=1S/C16H31NO3/c1-6-17-16(4,15(18)19-5)7-8-20-14-10-12(2)9-13(3)11-14/h12-14,17H,6-11H2,1-5H3. The van der Waals surface area contributed by atoms with Gasteiger partial charge in [-0.1, -0.05) is 20.8 Å². The van der Waals surface area contributed by atoms with E-state index in [0.29, 0.717) is 19.1 Å². The maximum atomic E-state index is 11.9. The molecule has 1 rings (SSSR count). The molecule has 118 valence electrons. The Kier molecular flexibility index (Phi) is 6.96. The van der Waals surface area contributed by atoms with Crippen molar-refractivity contribution in [1.29, 1.82) is 0 Å². The smallest absolute Gasteiger partial charge is 0.325 e. The van der Waals surface area contributed by atoms with Crippen molar-refractivity contribution in [1.82, 2.24) is 5.32 Å². The van der Waals surface area contributed by atoms with E-state index in [-0.39, 0.29) is 5.97 Å². The molecule has 0 saturated heterocycles. The first-order chi connectivity index (χ1) is 9.41. The van der Waals surface area contributed by atoms with Crippen molar-refractivity contribution in [3.8, 4) is 0 Å². The lowest BCUT2D eigenvalue weighted by atomic mass is 9.82. The lowest BCUT2D eigenvalue weighted by molar-refractivity contribution is -0.149. The summed E-state index contributed by atoms with van der Waals surface area (Å²) in [6.07, 6.45) is 4.57. The van der Waals surface area contributed by atoms with Gasteiger partial charge in [0.15, 0.2) is 0 Å². The lowest BCUT2D eigenvalue weighted by Crippen LogP contribution is -2.51. The van der Waals surface area contributed by atoms with E-state index in [1.807, 2.05) is 13.8 Å². The van der Waals surface area contributed by atoms with E-state index in [9.17, 15) is 4.79 Å². The molecular weight excluding hydrogens is 254 g/mol. The summed E-state index contributed by atoms with van der Waals surface area (Å²) in [4.78, 5) is 11.9. The van der Waals surface area contributed by atoms with E-state index in [1.165, 1.54) is 13.5 Å². The number of carbonyl (C=O) groups is 1. The van der Waals surface area contributed by atoms with E-state index in [2.05, 4.69) is 19.2 Å². The molecule has 0 aromatic heterocycles. The highest BCUT2D eigenvalue weighted by atomic mass is 16.5. The second-order valence-electron chi connectivity index (χ2n) is 6.51. The van der Waals surface area contributed by atoms with Crippen molar-refractivity contribution in [3.05, 3.63) is 0 Å². The zero-order valence-corrected chi connectivity index (χ0v) is 13.7. The first-order valence-corrected chi connectivity index (χ1v) is 7.86. The maximum Gasteiger partial charge on any atom is 0.325 e. The molecular formula is C16H31NO3. The largest absolute Gasteiger partial charge is 0.468 e. The molecule has 1 aliphatic carbocycles. The minimum Gasteiger partial charge on any atom is -0.468 e. The Morgan fingerprint density at radius 1 is 1.25 bits per heavy atom. The molecule has 1 aliphatic rings. The molecule has 1 saturated carbocycles. The van der Waals surface area contributed by atoms with Gasteiger partial charge in [0, 0.05) is 6.61 Å². The van der Waals surface area contributed by atoms with Crippen LogP contribution >= 0.6 is 0 Å². The van der Waals surface area contributed by atoms with Crippen LogP contribution in [0.2, 0.25) is 0 Å². The van der Waals surface area contributed by atoms with Gasteiger partial charge in [-0.15, -0.1) is 0 Å². The summed E-state index contributed by atoms with van der Waals surface area (Å²) in [7, 11) is 1.43. The average Bonchev–Trinajstić information content (AvgIpc) is 2.37. The number of nitrogens with one attached hydrogen (secondary N) is 1. The summed E-state index contributed by atoms with van der Waals surface area (Å²) in [6, 6.07) is 0. The molecule has 0 aromatic rings. The van der Waals surface area contributed by atoms with Gasteiger partial charge in [0.25, 0.3) is 0 Å². The van der Waals surface area contributed by atoms with Crippen molar-refractivity contribution in [2.45, 2.75) is 65.0 Å². The van der Waals surface area contributed by atoms with E-state index in [1.54, 1.807) is 0 Å². The predicted octanol–water partition coefficient (Wildman–Crippen LogP) is 2.76. The van der Waals surface area contributed by atoms with Crippen LogP contribution in [0.3, 0.4) is 0 Å². The Hall–Kier alpha value is -0.610. The van der Waals surface area contributed by atoms with Crippen LogP contribution in [-0.2, 0) is 14.3 Å². The van der Waals surface area contributed by atoms with Gasteiger partial charge in [0.2, 0.25) is 0 Å². The number of likely N-dealkylation sites (N-methyl/N-ethyl adjacent to an activating group) is 1. The molecule has 3 atom stereocenters. The summed E-state index contributed by atoms with van der Waals surface area (Å²) >= 11 is 0. The molecule has 4 heteroatoms. The summed E-state index contributed by atoms with van der Waals surface area (Å²) in [6.45, 7) is 9.81. The van der Waals surface area contributed by atoms with Gasteiger partial charge in [0.1, 0.15) is 5.54 Å². The molecule has 3 unspecified atom stereocenters. The highest BCUT2D eigenvalue weighted by molar-refractivity contribution is 5.80. The molecule has 0 heterocycles. The number of carbonyl (C=O) groups excluding carboxylic acids is 1. The first kappa shape index (κ1) is 17.4. The van der Waals surface area contributed by atoms with Crippen molar-refractivity contribution in [2.75, 3.05) is 20.3 Å². The summed E-state index contributed by atoms with van der Waals surface area (Å²) in [5, 5.41) is 3.21. The van der Waals surface area contributed by atoms with Crippen molar-refractivity contribution >= 4 is 5.97 Å². The van der Waals surface area contributed by atoms with Crippen LogP contribution in [0.4, 0.5) is 0 Å². The number of ether oxygens (including phenoxy) is 2. The van der Waals surface area contributed by atoms with Gasteiger partial charge < -0.3 is 14.8 Å². The molecule has 0 amide bonds. The second-order valence-corrected chi connectivity index (χ2v) is 6.51. The van der Waals surface area contributed by atoms with Crippen LogP contribution in [-0.4, -0.2) is 37.9 Å². The minimum absolute atomic E-state index is 0.215. The summed E-state index contributed by atoms with van der Waals surface area (Å²) in [5.74, 6) is 1.27. The third-order valence-corrected chi connectivity index (χ3v) is 4.29. The van der Waals surface area contributed by atoms with E-state index in [4.69, 9.17) is 9.47 Å². The fourth-order valence-corrected chi connectivity index (χ4v) is 3.32. The lowest BCUT2D eigenvalue weighted by Gasteiger charge is -2.33. The molecule has 4 nitrogen and oxygen atoms in total. The number of hydrogen-bond acceptors (Lipinski definition) is 4. The fraction of sp³-hybridized carbons (Fsp3) is 0.938. The Morgan fingerprint density at radius 3 is 2.35 bits per heavy atom. The zero-order valence-electron chi connectivity index (χ0n) is 13.7. The van der Waals surface area contributed by atoms with Gasteiger partial charge in [0.05, 0.1) is 13.2 Å². The third-order valence-electron chi connectivity index (χ3n) is 4.29. The van der Waals surface area contributed by atoms with Gasteiger partial charge in [-0.25, -0.2) is 0 Å². The number of methoxy groups -OCH3 is 1. The Balaban J connectivity index is 2.42. The number of esters is 1. The molecule has 0 aliphatic heterocycles. The van der Waals surface area contributed by atoms with Gasteiger partial charge in [-0.05, 0) is 51.0 Å². The third kappa shape index (κ3) is 5.06. The summed E-state index contributed by atoms with van der Waals surface area (Å²) < 4.78 is 10.9. The highest BCUT2D eigenvalue weighted by Gasteiger charge is 2.33. The Bertz CT molecular complexity index is 298. The normalized spacial score (nSPS) is 29.8. The number of hydrogen-bond donors (Lipinski definition) is 1. The summed E-state index contributed by atoms with van der Waals surface area (Å²) in [5.41, 5.74) is -0.643. The predicted molar refractivity (Wildman–Crippen MR) is 80.6 cm³/mol. The van der Waals surface area contributed by atoms with E-state index < -0.39 is 5.54 Å². The molecule has 0 aromatic carbocycles. The minimum atomic E-state index is -0.643. The van der Waals surface area contributed by atoms with Crippen LogP contribution < -0.4 is 5.32 Å². The van der Waals surface area contributed by atoms with Crippen LogP contribution in [0.25, 0.3) is 0 Å². The van der Waals surface area contributed by atoms with Crippen LogP contribution in [0, 0.1) is 11.8 Å². The average molecular weight is 285 g/mol. The number of rotatable bonds is 7. The molecule has 0 spiro atoms. The molecule has 20 heavy (non-hydrogen) atoms. The topological polar surface area (TPSA) is 47.6 Å². The van der Waals surface area contributed by atoms with Crippen LogP contribution in [0.15, 0.2) is 0 Å². The van der Waals surface area contributed by atoms with Crippen molar-refractivity contribution in [3.63, 3.8) is 0 Å². The zero-order chi connectivity index (χ0) is 15.2. The Labute approximate surface area is 123 Å². The fourth-order valence-electron chi connectivity index (χ4n) is 3.32. The van der Waals surface area contributed by atoms with E-state index in [0.717, 1.165) is 31.2 Å². The Morgan fingerprint density at radius 2 is 1.85 bits per heavy atom. The first-order valence-electron chi connectivity index (χ1n) is 7.86. The van der Waals surface area contributed by atoms with Gasteiger partial charge in [-0.2, -0.15) is 0 Å². The van der Waals surface area contributed by atoms with Crippen LogP contribution in [0.5, 0.6) is 0 Å². The molecule has 0 radical (unpaired) electrons. The van der Waals surface area contributed by atoms with Crippen molar-refractivity contribution < 1.29 is 14.3 Å². The molecule has 0 bridgehead atoms. The SMILES string of the molecule is CCNC(C)(CCOC1CC(C)CC(C)C1)C(=O)OC. The van der Waals surface area contributed by atoms with Gasteiger partial charge >= 0.3 is 5.97 Å². The quantitative estimate of drug-likeness (QED) is 0.731. The molecule has 1 fully saturated rings. The van der Waals surface area contributed by atoms with E-state index >= 15 is 0 Å². The van der Waals surface area contributed by atoms with Crippen LogP contribution in [0.1, 0.15) is 53.4 Å².